The van der Waals surface area contributed by atoms with E-state index in [-0.39, 0.29) is 0 Å². The lowest BCUT2D eigenvalue weighted by atomic mass is 10.3. The average Bonchev–Trinajstić information content (AvgIpc) is 3.19. The summed E-state index contributed by atoms with van der Waals surface area (Å²) in [5.41, 5.74) is 2.58. The van der Waals surface area contributed by atoms with E-state index < -0.39 is 0 Å². The number of rotatable bonds is 7. The Hall–Kier alpha value is -1.40. The molecule has 1 aromatic rings. The van der Waals surface area contributed by atoms with E-state index in [1.807, 2.05) is 6.07 Å². The molecule has 0 amide bonds. The Bertz CT molecular complexity index is 394. The molecule has 2 rings (SSSR count). The third-order valence-electron chi connectivity index (χ3n) is 3.06. The molecule has 1 heterocycles. The Kier molecular flexibility index (Phi) is 4.33. The van der Waals surface area contributed by atoms with Crippen LogP contribution in [0.1, 0.15) is 25.6 Å². The number of nitrogens with two attached hydrogens (primary N) is 1. The van der Waals surface area contributed by atoms with Crippen molar-refractivity contribution in [2.24, 2.45) is 11.8 Å². The smallest absolute Gasteiger partial charge is 0.158 e. The fraction of sp³-hybridized carbons (Fsp3) is 0.667. The first-order chi connectivity index (χ1) is 8.76. The molecule has 0 radical (unpaired) electrons. The number of nitrogen functional groups attached to an aromatic ring is 1. The summed E-state index contributed by atoms with van der Waals surface area (Å²) >= 11 is 0. The predicted octanol–water partition coefficient (Wildman–Crippen LogP) is 1.14. The Balaban J connectivity index is 2.19. The number of anilines is 2. The van der Waals surface area contributed by atoms with Gasteiger partial charge in [0.25, 0.3) is 0 Å². The quantitative estimate of drug-likeness (QED) is 0.559. The van der Waals surface area contributed by atoms with Crippen LogP contribution in [0, 0.1) is 5.92 Å². The number of hydrogen-bond acceptors (Lipinski definition) is 6. The van der Waals surface area contributed by atoms with Crippen LogP contribution in [0.15, 0.2) is 6.07 Å². The van der Waals surface area contributed by atoms with Crippen molar-refractivity contribution in [2.45, 2.75) is 26.4 Å². The van der Waals surface area contributed by atoms with E-state index in [2.05, 4.69) is 27.2 Å². The maximum Gasteiger partial charge on any atom is 0.158 e. The molecule has 1 fully saturated rings. The Morgan fingerprint density at radius 3 is 2.83 bits per heavy atom. The highest BCUT2D eigenvalue weighted by Crippen LogP contribution is 2.31. The van der Waals surface area contributed by atoms with E-state index in [1.165, 1.54) is 12.8 Å². The van der Waals surface area contributed by atoms with Crippen LogP contribution < -0.4 is 16.2 Å². The van der Waals surface area contributed by atoms with Gasteiger partial charge in [-0.05, 0) is 25.7 Å². The van der Waals surface area contributed by atoms with Gasteiger partial charge in [-0.25, -0.2) is 15.8 Å². The van der Waals surface area contributed by atoms with Gasteiger partial charge in [-0.1, -0.05) is 0 Å². The van der Waals surface area contributed by atoms with Gasteiger partial charge >= 0.3 is 0 Å². The maximum atomic E-state index is 5.44. The highest BCUT2D eigenvalue weighted by Gasteiger charge is 2.24. The molecule has 0 atom stereocenters. The lowest BCUT2D eigenvalue weighted by Gasteiger charge is -2.22. The second kappa shape index (κ2) is 5.97. The summed E-state index contributed by atoms with van der Waals surface area (Å²) in [5, 5.41) is 0. The Morgan fingerprint density at radius 1 is 1.50 bits per heavy atom. The molecule has 0 aromatic carbocycles. The van der Waals surface area contributed by atoms with Gasteiger partial charge in [-0.3, -0.25) is 0 Å². The van der Waals surface area contributed by atoms with E-state index in [9.17, 15) is 0 Å². The SMILES string of the molecule is CCN(CC1CC1)c1cc(NN)nc(COC)n1. The van der Waals surface area contributed by atoms with Gasteiger partial charge in [0.2, 0.25) is 0 Å². The van der Waals surface area contributed by atoms with Crippen molar-refractivity contribution in [1.29, 1.82) is 0 Å². The molecule has 1 aromatic heterocycles. The second-order valence-corrected chi connectivity index (χ2v) is 4.59. The summed E-state index contributed by atoms with van der Waals surface area (Å²) in [6.45, 7) is 4.52. The van der Waals surface area contributed by atoms with Gasteiger partial charge in [0, 0.05) is 26.3 Å². The predicted molar refractivity (Wildman–Crippen MR) is 71.2 cm³/mol. The van der Waals surface area contributed by atoms with E-state index in [0.717, 1.165) is 24.8 Å². The number of nitrogens with zero attached hydrogens (tertiary/aromatic N) is 3. The van der Waals surface area contributed by atoms with Crippen molar-refractivity contribution in [3.8, 4) is 0 Å². The Morgan fingerprint density at radius 2 is 2.28 bits per heavy atom. The first kappa shape index (κ1) is 13.0. The summed E-state index contributed by atoms with van der Waals surface area (Å²) in [7, 11) is 1.63. The van der Waals surface area contributed by atoms with E-state index in [0.29, 0.717) is 18.2 Å². The van der Waals surface area contributed by atoms with Crippen LogP contribution >= 0.6 is 0 Å². The minimum Gasteiger partial charge on any atom is -0.377 e. The van der Waals surface area contributed by atoms with E-state index in [1.54, 1.807) is 7.11 Å². The van der Waals surface area contributed by atoms with Crippen LogP contribution in [0.2, 0.25) is 0 Å². The normalized spacial score (nSPS) is 14.6. The van der Waals surface area contributed by atoms with Gasteiger partial charge in [0.15, 0.2) is 5.82 Å². The minimum absolute atomic E-state index is 0.392. The molecule has 1 aliphatic carbocycles. The Labute approximate surface area is 108 Å². The fourth-order valence-corrected chi connectivity index (χ4v) is 1.91. The van der Waals surface area contributed by atoms with Gasteiger partial charge in [-0.15, -0.1) is 0 Å². The van der Waals surface area contributed by atoms with Crippen LogP contribution in [-0.2, 0) is 11.3 Å². The number of aromatic nitrogens is 2. The molecular formula is C12H21N5O. The van der Waals surface area contributed by atoms with Crippen molar-refractivity contribution in [2.75, 3.05) is 30.5 Å². The molecule has 0 spiro atoms. The standard InChI is InChI=1S/C12H21N5O/c1-3-17(7-9-4-5-9)12-6-10(16-13)14-11(15-12)8-18-2/h6,9H,3-5,7-8,13H2,1-2H3,(H,14,15,16). The number of hydrazine groups is 1. The average molecular weight is 251 g/mol. The number of hydrogen-bond donors (Lipinski definition) is 2. The molecule has 0 saturated heterocycles. The second-order valence-electron chi connectivity index (χ2n) is 4.59. The largest absolute Gasteiger partial charge is 0.377 e. The van der Waals surface area contributed by atoms with E-state index in [4.69, 9.17) is 10.6 Å². The maximum absolute atomic E-state index is 5.44. The first-order valence-corrected chi connectivity index (χ1v) is 6.35. The summed E-state index contributed by atoms with van der Waals surface area (Å²) in [4.78, 5) is 11.0. The molecule has 0 bridgehead atoms. The number of nitrogens with one attached hydrogen (secondary N) is 1. The van der Waals surface area contributed by atoms with Crippen molar-refractivity contribution in [1.82, 2.24) is 9.97 Å². The zero-order valence-electron chi connectivity index (χ0n) is 11.0. The van der Waals surface area contributed by atoms with Crippen molar-refractivity contribution in [3.63, 3.8) is 0 Å². The molecule has 0 unspecified atom stereocenters. The van der Waals surface area contributed by atoms with Gasteiger partial charge in [0.1, 0.15) is 18.2 Å². The molecule has 6 heteroatoms. The summed E-state index contributed by atoms with van der Waals surface area (Å²) in [6.07, 6.45) is 2.66. The highest BCUT2D eigenvalue weighted by molar-refractivity contribution is 5.49. The van der Waals surface area contributed by atoms with Crippen LogP contribution in [0.25, 0.3) is 0 Å². The summed E-state index contributed by atoms with van der Waals surface area (Å²) < 4.78 is 5.08. The van der Waals surface area contributed by atoms with Gasteiger partial charge in [-0.2, -0.15) is 0 Å². The van der Waals surface area contributed by atoms with E-state index >= 15 is 0 Å². The molecule has 6 nitrogen and oxygen atoms in total. The lowest BCUT2D eigenvalue weighted by Crippen LogP contribution is -2.27. The topological polar surface area (TPSA) is 76.3 Å². The molecule has 0 aliphatic heterocycles. The van der Waals surface area contributed by atoms with Gasteiger partial charge < -0.3 is 15.1 Å². The zero-order chi connectivity index (χ0) is 13.0. The van der Waals surface area contributed by atoms with Gasteiger partial charge in [0.05, 0.1) is 0 Å². The third kappa shape index (κ3) is 3.30. The third-order valence-corrected chi connectivity index (χ3v) is 3.06. The molecule has 18 heavy (non-hydrogen) atoms. The highest BCUT2D eigenvalue weighted by atomic mass is 16.5. The summed E-state index contributed by atoms with van der Waals surface area (Å²) in [6, 6.07) is 1.88. The number of methoxy groups -OCH3 is 1. The molecule has 1 saturated carbocycles. The monoisotopic (exact) mass is 251 g/mol. The van der Waals surface area contributed by atoms with Crippen molar-refractivity contribution >= 4 is 11.6 Å². The van der Waals surface area contributed by atoms with Crippen LogP contribution in [0.3, 0.4) is 0 Å². The molecular weight excluding hydrogens is 230 g/mol. The first-order valence-electron chi connectivity index (χ1n) is 6.35. The lowest BCUT2D eigenvalue weighted by molar-refractivity contribution is 0.178. The van der Waals surface area contributed by atoms with Crippen molar-refractivity contribution in [3.05, 3.63) is 11.9 Å². The fourth-order valence-electron chi connectivity index (χ4n) is 1.91. The van der Waals surface area contributed by atoms with Crippen LogP contribution in [-0.4, -0.2) is 30.2 Å². The molecule has 100 valence electrons. The minimum atomic E-state index is 0.392. The summed E-state index contributed by atoms with van der Waals surface area (Å²) in [5.74, 6) is 8.45. The van der Waals surface area contributed by atoms with Crippen LogP contribution in [0.4, 0.5) is 11.6 Å². The van der Waals surface area contributed by atoms with Crippen molar-refractivity contribution < 1.29 is 4.74 Å². The molecule has 1 aliphatic rings. The zero-order valence-corrected chi connectivity index (χ0v) is 11.0. The van der Waals surface area contributed by atoms with Crippen LogP contribution in [0.5, 0.6) is 0 Å². The molecule has 3 N–H and O–H groups in total. The number of ether oxygens (including phenoxy) is 1.